The number of aliphatic imine (C=N–C) groups is 1. The normalized spacial score (nSPS) is 14.9. The molecule has 0 bridgehead atoms. The van der Waals surface area contributed by atoms with Gasteiger partial charge in [0.25, 0.3) is 5.91 Å². The van der Waals surface area contributed by atoms with Gasteiger partial charge in [-0.05, 0) is 34.9 Å². The number of nitrogens with zero attached hydrogens (tertiary/aromatic N) is 4. The standard InChI is InChI=1S/C23H35N5O7S/c1-23(2,3)28(22(32)33)9-11-35-13-12-34-10-7-25-20(31)21-26-17-18(30)15(24-6-8-27(4)5)14-16(29)19(17)36-21/h6-14H2,1-5H3,(H,25,31)(H,32,33). The summed E-state index contributed by atoms with van der Waals surface area (Å²) in [7, 11) is 3.78. The number of nitrogens with one attached hydrogen (secondary N) is 1. The van der Waals surface area contributed by atoms with Crippen molar-refractivity contribution in [1.29, 1.82) is 0 Å². The molecular weight excluding hydrogens is 490 g/mol. The summed E-state index contributed by atoms with van der Waals surface area (Å²) in [6.45, 7) is 7.99. The van der Waals surface area contributed by atoms with Crippen LogP contribution >= 0.6 is 11.3 Å². The third-order valence-electron chi connectivity index (χ3n) is 5.13. The Bertz CT molecular complexity index is 984. The van der Waals surface area contributed by atoms with Gasteiger partial charge in [-0.3, -0.25) is 19.4 Å². The Morgan fingerprint density at radius 1 is 1.11 bits per heavy atom. The van der Waals surface area contributed by atoms with Crippen molar-refractivity contribution in [2.24, 2.45) is 4.99 Å². The van der Waals surface area contributed by atoms with Crippen LogP contribution in [0.2, 0.25) is 0 Å². The number of Topliss-reactive ketones (excluding diaryl/α,β-unsaturated/α-hetero) is 2. The van der Waals surface area contributed by atoms with Crippen LogP contribution in [0.25, 0.3) is 0 Å². The molecule has 36 heavy (non-hydrogen) atoms. The van der Waals surface area contributed by atoms with E-state index in [-0.39, 0.29) is 73.0 Å². The Labute approximate surface area is 214 Å². The summed E-state index contributed by atoms with van der Waals surface area (Å²) in [6.07, 6.45) is -1.08. The van der Waals surface area contributed by atoms with Crippen LogP contribution in [0.15, 0.2) is 4.99 Å². The lowest BCUT2D eigenvalue weighted by Crippen LogP contribution is -2.46. The average molecular weight is 526 g/mol. The molecule has 0 aromatic carbocycles. The van der Waals surface area contributed by atoms with Crippen LogP contribution in [0, 0.1) is 0 Å². The molecule has 0 unspecified atom stereocenters. The van der Waals surface area contributed by atoms with Crippen LogP contribution in [0.5, 0.6) is 0 Å². The molecule has 2 amide bonds. The number of carbonyl (C=O) groups is 4. The number of carbonyl (C=O) groups excluding carboxylic acids is 3. The van der Waals surface area contributed by atoms with E-state index in [0.717, 1.165) is 11.3 Å². The minimum absolute atomic E-state index is 0.00803. The molecule has 1 aromatic heterocycles. The lowest BCUT2D eigenvalue weighted by Gasteiger charge is -2.32. The van der Waals surface area contributed by atoms with Gasteiger partial charge in [-0.15, -0.1) is 11.3 Å². The Morgan fingerprint density at radius 3 is 2.39 bits per heavy atom. The summed E-state index contributed by atoms with van der Waals surface area (Å²) in [5.74, 6) is -1.16. The molecule has 2 N–H and O–H groups in total. The molecule has 12 nitrogen and oxygen atoms in total. The summed E-state index contributed by atoms with van der Waals surface area (Å²) in [5, 5.41) is 11.9. The molecule has 200 valence electrons. The number of likely N-dealkylation sites (N-methyl/N-ethyl adjacent to an activating group) is 1. The fourth-order valence-corrected chi connectivity index (χ4v) is 4.15. The second-order valence-electron chi connectivity index (χ2n) is 9.34. The fraction of sp³-hybridized carbons (Fsp3) is 0.652. The number of ketones is 2. The van der Waals surface area contributed by atoms with E-state index in [1.807, 2.05) is 39.8 Å². The van der Waals surface area contributed by atoms with E-state index < -0.39 is 23.3 Å². The van der Waals surface area contributed by atoms with Gasteiger partial charge < -0.3 is 29.7 Å². The lowest BCUT2D eigenvalue weighted by atomic mass is 9.98. The molecule has 0 atom stereocenters. The Kier molecular flexibility index (Phi) is 11.1. The zero-order valence-electron chi connectivity index (χ0n) is 21.5. The predicted molar refractivity (Wildman–Crippen MR) is 135 cm³/mol. The van der Waals surface area contributed by atoms with Gasteiger partial charge in [-0.25, -0.2) is 9.78 Å². The number of hydrogen-bond acceptors (Lipinski definition) is 10. The maximum absolute atomic E-state index is 12.7. The van der Waals surface area contributed by atoms with Gasteiger partial charge in [-0.1, -0.05) is 0 Å². The molecule has 2 rings (SSSR count). The summed E-state index contributed by atoms with van der Waals surface area (Å²) in [4.78, 5) is 60.6. The molecule has 0 saturated heterocycles. The van der Waals surface area contributed by atoms with Crippen LogP contribution in [0.3, 0.4) is 0 Å². The van der Waals surface area contributed by atoms with Gasteiger partial charge in [0.1, 0.15) is 10.6 Å². The molecule has 13 heteroatoms. The highest BCUT2D eigenvalue weighted by Gasteiger charge is 2.34. The van der Waals surface area contributed by atoms with Crippen molar-refractivity contribution in [3.63, 3.8) is 0 Å². The molecule has 0 saturated carbocycles. The van der Waals surface area contributed by atoms with E-state index in [1.165, 1.54) is 4.90 Å². The van der Waals surface area contributed by atoms with Crippen molar-refractivity contribution in [1.82, 2.24) is 20.1 Å². The van der Waals surface area contributed by atoms with E-state index >= 15 is 0 Å². The van der Waals surface area contributed by atoms with Gasteiger partial charge in [0.05, 0.1) is 45.1 Å². The quantitative estimate of drug-likeness (QED) is 0.365. The van der Waals surface area contributed by atoms with Crippen LogP contribution in [0.1, 0.15) is 57.2 Å². The van der Waals surface area contributed by atoms with E-state index in [9.17, 15) is 24.3 Å². The second-order valence-corrected chi connectivity index (χ2v) is 10.3. The number of ether oxygens (including phenoxy) is 2. The number of rotatable bonds is 13. The van der Waals surface area contributed by atoms with Gasteiger partial charge >= 0.3 is 6.09 Å². The summed E-state index contributed by atoms with van der Waals surface area (Å²) in [5.41, 5.74) is -0.342. The second kappa shape index (κ2) is 13.5. The zero-order valence-corrected chi connectivity index (χ0v) is 22.3. The van der Waals surface area contributed by atoms with Gasteiger partial charge in [0.15, 0.2) is 10.8 Å². The van der Waals surface area contributed by atoms with Crippen LogP contribution < -0.4 is 5.32 Å². The first-order chi connectivity index (χ1) is 16.9. The van der Waals surface area contributed by atoms with E-state index in [0.29, 0.717) is 13.1 Å². The molecule has 1 heterocycles. The minimum Gasteiger partial charge on any atom is -0.465 e. The Hall–Kier alpha value is -2.74. The van der Waals surface area contributed by atoms with E-state index in [4.69, 9.17) is 9.47 Å². The number of aromatic nitrogens is 1. The first-order valence-electron chi connectivity index (χ1n) is 11.6. The lowest BCUT2D eigenvalue weighted by molar-refractivity contribution is 0.0280. The third kappa shape index (κ3) is 8.73. The third-order valence-corrected chi connectivity index (χ3v) is 6.23. The number of carboxylic acid groups (broad SMARTS) is 1. The Morgan fingerprint density at radius 2 is 1.78 bits per heavy atom. The maximum Gasteiger partial charge on any atom is 0.407 e. The van der Waals surface area contributed by atoms with E-state index in [2.05, 4.69) is 15.3 Å². The first kappa shape index (κ1) is 29.5. The highest BCUT2D eigenvalue weighted by Crippen LogP contribution is 2.26. The van der Waals surface area contributed by atoms with Crippen molar-refractivity contribution < 1.29 is 33.8 Å². The van der Waals surface area contributed by atoms with Crippen LogP contribution in [-0.4, -0.2) is 121 Å². The summed E-state index contributed by atoms with van der Waals surface area (Å²) >= 11 is 0.906. The molecule has 0 radical (unpaired) electrons. The molecular formula is C23H35N5O7S. The van der Waals surface area contributed by atoms with Gasteiger partial charge in [-0.2, -0.15) is 0 Å². The van der Waals surface area contributed by atoms with Crippen molar-refractivity contribution in [3.8, 4) is 0 Å². The maximum atomic E-state index is 12.7. The van der Waals surface area contributed by atoms with Crippen LogP contribution in [0.4, 0.5) is 4.79 Å². The Balaban J connectivity index is 1.71. The molecule has 1 aromatic rings. The molecule has 0 spiro atoms. The summed E-state index contributed by atoms with van der Waals surface area (Å²) < 4.78 is 10.8. The largest absolute Gasteiger partial charge is 0.465 e. The van der Waals surface area contributed by atoms with Crippen molar-refractivity contribution in [3.05, 3.63) is 15.6 Å². The van der Waals surface area contributed by atoms with E-state index in [1.54, 1.807) is 0 Å². The highest BCUT2D eigenvalue weighted by atomic mass is 32.1. The van der Waals surface area contributed by atoms with Crippen molar-refractivity contribution >= 4 is 40.6 Å². The zero-order chi connectivity index (χ0) is 26.9. The number of fused-ring (bicyclic) bond motifs is 1. The topological polar surface area (TPSA) is 151 Å². The van der Waals surface area contributed by atoms with Crippen molar-refractivity contribution in [2.75, 3.05) is 66.7 Å². The van der Waals surface area contributed by atoms with Gasteiger partial charge in [0, 0.05) is 25.2 Å². The molecule has 1 aliphatic rings. The predicted octanol–water partition coefficient (Wildman–Crippen LogP) is 1.46. The summed E-state index contributed by atoms with van der Waals surface area (Å²) in [6, 6.07) is 0. The molecule has 0 aliphatic heterocycles. The number of hydrogen-bond donors (Lipinski definition) is 2. The van der Waals surface area contributed by atoms with Crippen molar-refractivity contribution in [2.45, 2.75) is 32.7 Å². The smallest absolute Gasteiger partial charge is 0.407 e. The van der Waals surface area contributed by atoms with Crippen LogP contribution in [-0.2, 0) is 9.47 Å². The monoisotopic (exact) mass is 525 g/mol. The highest BCUT2D eigenvalue weighted by molar-refractivity contribution is 7.16. The molecule has 1 aliphatic carbocycles. The number of thiazole rings is 1. The SMILES string of the molecule is CN(C)CCN=C1CC(=O)c2sc(C(=O)NCCOCCOCCN(C(=O)O)C(C)(C)C)nc2C1=O. The molecule has 0 fully saturated rings. The first-order valence-corrected chi connectivity index (χ1v) is 12.4. The fourth-order valence-electron chi connectivity index (χ4n) is 3.23. The van der Waals surface area contributed by atoms with Gasteiger partial charge in [0.2, 0.25) is 5.78 Å². The number of amides is 2. The minimum atomic E-state index is -0.999. The average Bonchev–Trinajstić information content (AvgIpc) is 3.23.